The minimum absolute atomic E-state index is 0.0451. The molecule has 0 aliphatic carbocycles. The Morgan fingerprint density at radius 2 is 1.69 bits per heavy atom. The lowest BCUT2D eigenvalue weighted by Crippen LogP contribution is -2.43. The molecule has 0 radical (unpaired) electrons. The Labute approximate surface area is 158 Å². The molecule has 0 aliphatic heterocycles. The van der Waals surface area contributed by atoms with Crippen LogP contribution in [0.1, 0.15) is 58.9 Å². The zero-order valence-corrected chi connectivity index (χ0v) is 16.8. The van der Waals surface area contributed by atoms with Gasteiger partial charge >= 0.3 is 0 Å². The van der Waals surface area contributed by atoms with Crippen molar-refractivity contribution in [1.29, 1.82) is 0 Å². The molecule has 1 aromatic carbocycles. The van der Waals surface area contributed by atoms with Crippen LogP contribution in [0.2, 0.25) is 0 Å². The van der Waals surface area contributed by atoms with Crippen LogP contribution in [-0.2, 0) is 16.0 Å². The summed E-state index contributed by atoms with van der Waals surface area (Å²) in [5.74, 6) is 0.0882. The van der Waals surface area contributed by atoms with Gasteiger partial charge in [0.25, 0.3) is 0 Å². The summed E-state index contributed by atoms with van der Waals surface area (Å²) in [6.07, 6.45) is 3.52. The fourth-order valence-corrected chi connectivity index (χ4v) is 3.25. The number of nitrogens with two attached hydrogens (primary N) is 1. The third kappa shape index (κ3) is 8.24. The zero-order valence-electron chi connectivity index (χ0n) is 16.8. The minimum Gasteiger partial charge on any atom is -0.330 e. The molecule has 4 heteroatoms. The van der Waals surface area contributed by atoms with Gasteiger partial charge in [-0.15, -0.1) is 0 Å². The van der Waals surface area contributed by atoms with Crippen molar-refractivity contribution in [2.24, 2.45) is 17.6 Å². The summed E-state index contributed by atoms with van der Waals surface area (Å²) in [7, 11) is 0. The number of carbonyl (C=O) groups excluding carboxylic acids is 2. The topological polar surface area (TPSA) is 72.2 Å². The Kier molecular flexibility index (Phi) is 10.4. The minimum atomic E-state index is -0.255. The molecule has 0 saturated carbocycles. The predicted molar refractivity (Wildman–Crippen MR) is 108 cm³/mol. The van der Waals surface area contributed by atoms with Gasteiger partial charge in [-0.3, -0.25) is 9.59 Å². The average molecular weight is 361 g/mol. The van der Waals surface area contributed by atoms with Gasteiger partial charge in [0.05, 0.1) is 6.04 Å². The van der Waals surface area contributed by atoms with Gasteiger partial charge in [0.2, 0.25) is 0 Å². The summed E-state index contributed by atoms with van der Waals surface area (Å²) in [5, 5.41) is 3.39. The normalized spacial score (nSPS) is 13.8. The smallest absolute Gasteiger partial charge is 0.150 e. The molecule has 0 aliphatic rings. The number of nitrogens with one attached hydrogen (secondary N) is 1. The number of benzene rings is 1. The maximum atomic E-state index is 13.0. The first-order valence-corrected chi connectivity index (χ1v) is 9.91. The van der Waals surface area contributed by atoms with Gasteiger partial charge < -0.3 is 11.1 Å². The number of hydrogen-bond acceptors (Lipinski definition) is 4. The molecule has 0 saturated heterocycles. The highest BCUT2D eigenvalue weighted by molar-refractivity contribution is 5.91. The molecule has 1 rings (SSSR count). The van der Waals surface area contributed by atoms with Crippen molar-refractivity contribution in [1.82, 2.24) is 5.32 Å². The molecule has 146 valence electrons. The Balaban J connectivity index is 2.83. The van der Waals surface area contributed by atoms with Gasteiger partial charge in [0.15, 0.2) is 5.78 Å². The largest absolute Gasteiger partial charge is 0.330 e. The number of Topliss-reactive ketones (excluding diaryl/α,β-unsaturated/α-hetero) is 2. The van der Waals surface area contributed by atoms with E-state index >= 15 is 0 Å². The van der Waals surface area contributed by atoms with Crippen molar-refractivity contribution in [2.45, 2.75) is 71.9 Å². The fraction of sp³-hybridized carbons (Fsp3) is 0.636. The molecule has 0 amide bonds. The molecule has 4 nitrogen and oxygen atoms in total. The van der Waals surface area contributed by atoms with Crippen LogP contribution in [0.3, 0.4) is 0 Å². The van der Waals surface area contributed by atoms with Crippen molar-refractivity contribution >= 4 is 11.6 Å². The molecular weight excluding hydrogens is 324 g/mol. The van der Waals surface area contributed by atoms with E-state index in [9.17, 15) is 9.59 Å². The molecule has 0 spiro atoms. The van der Waals surface area contributed by atoms with Crippen LogP contribution in [-0.4, -0.2) is 30.2 Å². The third-order valence-electron chi connectivity index (χ3n) is 4.63. The van der Waals surface area contributed by atoms with Crippen molar-refractivity contribution in [3.63, 3.8) is 0 Å². The molecule has 0 bridgehead atoms. The van der Waals surface area contributed by atoms with Crippen LogP contribution >= 0.6 is 0 Å². The van der Waals surface area contributed by atoms with Crippen LogP contribution < -0.4 is 11.1 Å². The summed E-state index contributed by atoms with van der Waals surface area (Å²) in [4.78, 5) is 25.6. The number of ketones is 2. The van der Waals surface area contributed by atoms with Crippen LogP contribution in [0.15, 0.2) is 30.3 Å². The van der Waals surface area contributed by atoms with Crippen molar-refractivity contribution in [3.8, 4) is 0 Å². The molecule has 0 aromatic heterocycles. The third-order valence-corrected chi connectivity index (χ3v) is 4.63. The molecule has 26 heavy (non-hydrogen) atoms. The monoisotopic (exact) mass is 360 g/mol. The molecular formula is C22H36N2O2. The van der Waals surface area contributed by atoms with E-state index < -0.39 is 0 Å². The Morgan fingerprint density at radius 1 is 1.04 bits per heavy atom. The van der Waals surface area contributed by atoms with Crippen LogP contribution in [0.5, 0.6) is 0 Å². The van der Waals surface area contributed by atoms with Crippen molar-refractivity contribution < 1.29 is 9.59 Å². The molecule has 2 unspecified atom stereocenters. The predicted octanol–water partition coefficient (Wildman–Crippen LogP) is 3.53. The number of rotatable bonds is 13. The summed E-state index contributed by atoms with van der Waals surface area (Å²) < 4.78 is 0. The standard InChI is InChI=1S/C22H36N2O2/c1-16(2)22(26)19(12-8-9-13-23)15-21(25)20(24-17(3)4)14-18-10-6-5-7-11-18/h5-7,10-11,16-17,19-20,24H,8-9,12-15,23H2,1-4H3. The maximum absolute atomic E-state index is 13.0. The molecule has 0 fully saturated rings. The van der Waals surface area contributed by atoms with Gasteiger partial charge in [0.1, 0.15) is 5.78 Å². The van der Waals surface area contributed by atoms with E-state index in [1.54, 1.807) is 0 Å². The Hall–Kier alpha value is -1.52. The molecule has 2 atom stereocenters. The van der Waals surface area contributed by atoms with E-state index in [0.717, 1.165) is 24.8 Å². The SMILES string of the molecule is CC(C)NC(Cc1ccccc1)C(=O)CC(CCCCN)C(=O)C(C)C. The Morgan fingerprint density at radius 3 is 2.23 bits per heavy atom. The number of unbranched alkanes of at least 4 members (excludes halogenated alkanes) is 1. The first kappa shape index (κ1) is 22.5. The van der Waals surface area contributed by atoms with Crippen molar-refractivity contribution in [2.75, 3.05) is 6.54 Å². The zero-order chi connectivity index (χ0) is 19.5. The molecule has 3 N–H and O–H groups in total. The highest BCUT2D eigenvalue weighted by atomic mass is 16.1. The van der Waals surface area contributed by atoms with Crippen LogP contribution in [0, 0.1) is 11.8 Å². The van der Waals surface area contributed by atoms with Crippen LogP contribution in [0.4, 0.5) is 0 Å². The lowest BCUT2D eigenvalue weighted by atomic mass is 9.84. The van der Waals surface area contributed by atoms with E-state index in [1.165, 1.54) is 0 Å². The number of carbonyl (C=O) groups is 2. The van der Waals surface area contributed by atoms with Crippen LogP contribution in [0.25, 0.3) is 0 Å². The van der Waals surface area contributed by atoms with E-state index in [0.29, 0.717) is 19.4 Å². The van der Waals surface area contributed by atoms with Gasteiger partial charge in [0, 0.05) is 24.3 Å². The first-order valence-electron chi connectivity index (χ1n) is 9.91. The second kappa shape index (κ2) is 12.0. The highest BCUT2D eigenvalue weighted by Crippen LogP contribution is 2.20. The lowest BCUT2D eigenvalue weighted by molar-refractivity contribution is -0.131. The van der Waals surface area contributed by atoms with E-state index in [2.05, 4.69) is 5.32 Å². The second-order valence-electron chi connectivity index (χ2n) is 7.77. The lowest BCUT2D eigenvalue weighted by Gasteiger charge is -2.24. The molecule has 0 heterocycles. The van der Waals surface area contributed by atoms with Crippen molar-refractivity contribution in [3.05, 3.63) is 35.9 Å². The van der Waals surface area contributed by atoms with Gasteiger partial charge in [-0.1, -0.05) is 64.4 Å². The second-order valence-corrected chi connectivity index (χ2v) is 7.77. The first-order chi connectivity index (χ1) is 12.3. The number of hydrogen-bond donors (Lipinski definition) is 2. The van der Waals surface area contributed by atoms with E-state index in [1.807, 2.05) is 58.0 Å². The fourth-order valence-electron chi connectivity index (χ4n) is 3.25. The Bertz CT molecular complexity index is 540. The maximum Gasteiger partial charge on any atom is 0.150 e. The van der Waals surface area contributed by atoms with Gasteiger partial charge in [-0.25, -0.2) is 0 Å². The average Bonchev–Trinajstić information content (AvgIpc) is 2.60. The van der Waals surface area contributed by atoms with Gasteiger partial charge in [-0.2, -0.15) is 0 Å². The summed E-state index contributed by atoms with van der Waals surface area (Å²) in [6, 6.07) is 10.00. The van der Waals surface area contributed by atoms with E-state index in [-0.39, 0.29) is 35.5 Å². The summed E-state index contributed by atoms with van der Waals surface area (Å²) >= 11 is 0. The quantitative estimate of drug-likeness (QED) is 0.528. The summed E-state index contributed by atoms with van der Waals surface area (Å²) in [5.41, 5.74) is 6.71. The highest BCUT2D eigenvalue weighted by Gasteiger charge is 2.27. The molecule has 1 aromatic rings. The summed E-state index contributed by atoms with van der Waals surface area (Å²) in [6.45, 7) is 8.54. The van der Waals surface area contributed by atoms with E-state index in [4.69, 9.17) is 5.73 Å². The van der Waals surface area contributed by atoms with Gasteiger partial charge in [-0.05, 0) is 31.4 Å².